The summed E-state index contributed by atoms with van der Waals surface area (Å²) in [7, 11) is 1.55. The molecule has 42 heavy (non-hydrogen) atoms. The number of methoxy groups -OCH3 is 1. The van der Waals surface area contributed by atoms with Crippen LogP contribution in [0.15, 0.2) is 83.3 Å². The Morgan fingerprint density at radius 1 is 0.929 bits per heavy atom. The van der Waals surface area contributed by atoms with E-state index in [4.69, 9.17) is 18.6 Å². The molecule has 0 aliphatic carbocycles. The summed E-state index contributed by atoms with van der Waals surface area (Å²) in [5, 5.41) is 10.0. The summed E-state index contributed by atoms with van der Waals surface area (Å²) in [4.78, 5) is 31.6. The lowest BCUT2D eigenvalue weighted by molar-refractivity contribution is -0.143. The van der Waals surface area contributed by atoms with Crippen LogP contribution in [0.5, 0.6) is 17.2 Å². The third kappa shape index (κ3) is 6.74. The van der Waals surface area contributed by atoms with E-state index in [1.54, 1.807) is 31.4 Å². The Morgan fingerprint density at radius 3 is 2.29 bits per heavy atom. The molecule has 0 unspecified atom stereocenters. The third-order valence-corrected chi connectivity index (χ3v) is 7.42. The van der Waals surface area contributed by atoms with E-state index in [1.807, 2.05) is 61.5 Å². The molecule has 3 aromatic carbocycles. The number of hydrogen-bond acceptors (Lipinski definition) is 7. The SMILES string of the molecule is COc1ccc(OC(=O)N2[C@H](C(=O)O)CCCC[C@H]2c2ccc(OCCc3nc(-c4ccccc4)oc3C)cc2)cc1. The van der Waals surface area contributed by atoms with Crippen molar-refractivity contribution >= 4 is 12.1 Å². The van der Waals surface area contributed by atoms with Crippen LogP contribution in [-0.2, 0) is 11.2 Å². The lowest BCUT2D eigenvalue weighted by Gasteiger charge is -2.33. The molecule has 0 bridgehead atoms. The van der Waals surface area contributed by atoms with E-state index in [0.717, 1.165) is 29.0 Å². The zero-order valence-corrected chi connectivity index (χ0v) is 23.7. The van der Waals surface area contributed by atoms with Crippen LogP contribution in [-0.4, -0.2) is 46.8 Å². The number of aliphatic carboxylic acids is 1. The number of benzene rings is 3. The van der Waals surface area contributed by atoms with Crippen molar-refractivity contribution in [1.29, 1.82) is 0 Å². The Labute approximate surface area is 244 Å². The zero-order valence-electron chi connectivity index (χ0n) is 23.7. The highest BCUT2D eigenvalue weighted by Gasteiger charge is 2.38. The van der Waals surface area contributed by atoms with Crippen molar-refractivity contribution in [3.05, 3.63) is 95.9 Å². The molecule has 2 atom stereocenters. The van der Waals surface area contributed by atoms with E-state index < -0.39 is 24.1 Å². The number of aryl methyl sites for hydroxylation is 1. The molecular weight excluding hydrogens is 536 g/mol. The molecule has 0 radical (unpaired) electrons. The number of ether oxygens (including phenoxy) is 3. The molecule has 1 aliphatic heterocycles. The smallest absolute Gasteiger partial charge is 0.416 e. The summed E-state index contributed by atoms with van der Waals surface area (Å²) < 4.78 is 22.6. The van der Waals surface area contributed by atoms with Crippen LogP contribution < -0.4 is 14.2 Å². The molecular formula is C33H34N2O7. The lowest BCUT2D eigenvalue weighted by Crippen LogP contribution is -2.47. The van der Waals surface area contributed by atoms with Gasteiger partial charge in [-0.3, -0.25) is 4.90 Å². The Balaban J connectivity index is 1.26. The van der Waals surface area contributed by atoms with Crippen LogP contribution in [0, 0.1) is 6.92 Å². The number of carboxylic acid groups (broad SMARTS) is 1. The minimum atomic E-state index is -1.05. The van der Waals surface area contributed by atoms with Crippen molar-refractivity contribution in [3.8, 4) is 28.7 Å². The second kappa shape index (κ2) is 13.2. The first kappa shape index (κ1) is 28.7. The van der Waals surface area contributed by atoms with Crippen molar-refractivity contribution in [3.63, 3.8) is 0 Å². The van der Waals surface area contributed by atoms with Gasteiger partial charge in [0.2, 0.25) is 5.89 Å². The maximum atomic E-state index is 13.4. The molecule has 9 heteroatoms. The second-order valence-corrected chi connectivity index (χ2v) is 10.2. The standard InChI is InChI=1S/C33H34N2O7/c1-22-28(34-31(41-22)24-8-4-3-5-9-24)20-21-40-26-14-12-23(13-15-26)29-10-6-7-11-30(32(36)37)35(29)33(38)42-27-18-16-25(39-2)17-19-27/h3-5,8-9,12-19,29-30H,6-7,10-11,20-21H2,1-2H3,(H,36,37)/t29-,30-/m0/s1. The highest BCUT2D eigenvalue weighted by Crippen LogP contribution is 2.35. The minimum absolute atomic E-state index is 0.315. The maximum Gasteiger partial charge on any atom is 0.416 e. The number of hydrogen-bond donors (Lipinski definition) is 1. The summed E-state index contributed by atoms with van der Waals surface area (Å²) in [5.74, 6) is 1.91. The van der Waals surface area contributed by atoms with Gasteiger partial charge in [0.15, 0.2) is 0 Å². The molecule has 1 aliphatic rings. The molecule has 1 fully saturated rings. The molecule has 9 nitrogen and oxygen atoms in total. The van der Waals surface area contributed by atoms with Crippen LogP contribution >= 0.6 is 0 Å². The zero-order chi connectivity index (χ0) is 29.5. The third-order valence-electron chi connectivity index (χ3n) is 7.42. The summed E-state index contributed by atoms with van der Waals surface area (Å²) in [6.45, 7) is 2.30. The predicted octanol–water partition coefficient (Wildman–Crippen LogP) is 6.85. The monoisotopic (exact) mass is 570 g/mol. The first-order valence-corrected chi connectivity index (χ1v) is 14.0. The number of aromatic nitrogens is 1. The number of amides is 1. The Morgan fingerprint density at radius 2 is 1.60 bits per heavy atom. The molecule has 1 aromatic heterocycles. The first-order chi connectivity index (χ1) is 20.4. The Hall–Kier alpha value is -4.79. The Kier molecular flexibility index (Phi) is 9.06. The molecule has 0 saturated carbocycles. The molecule has 0 spiro atoms. The van der Waals surface area contributed by atoms with Crippen molar-refractivity contribution in [2.24, 2.45) is 0 Å². The molecule has 5 rings (SSSR count). The quantitative estimate of drug-likeness (QED) is 0.233. The second-order valence-electron chi connectivity index (χ2n) is 10.2. The molecule has 1 amide bonds. The van der Waals surface area contributed by atoms with Crippen molar-refractivity contribution in [2.75, 3.05) is 13.7 Å². The number of rotatable bonds is 9. The van der Waals surface area contributed by atoms with Gasteiger partial charge in [0.1, 0.15) is 29.1 Å². The topological polar surface area (TPSA) is 111 Å². The lowest BCUT2D eigenvalue weighted by atomic mass is 10.0. The maximum absolute atomic E-state index is 13.4. The van der Waals surface area contributed by atoms with Crippen molar-refractivity contribution in [1.82, 2.24) is 9.88 Å². The number of carbonyl (C=O) groups excluding carboxylic acids is 1. The number of carboxylic acids is 1. The Bertz CT molecular complexity index is 1480. The van der Waals surface area contributed by atoms with Gasteiger partial charge in [-0.25, -0.2) is 14.6 Å². The number of carbonyl (C=O) groups is 2. The van der Waals surface area contributed by atoms with Gasteiger partial charge in [-0.05, 0) is 73.9 Å². The average molecular weight is 571 g/mol. The van der Waals surface area contributed by atoms with Crippen LogP contribution in [0.4, 0.5) is 4.79 Å². The largest absolute Gasteiger partial charge is 0.497 e. The fourth-order valence-corrected chi connectivity index (χ4v) is 5.21. The van der Waals surface area contributed by atoms with E-state index in [0.29, 0.717) is 55.4 Å². The van der Waals surface area contributed by atoms with Gasteiger partial charge in [-0.2, -0.15) is 0 Å². The van der Waals surface area contributed by atoms with E-state index in [2.05, 4.69) is 4.98 Å². The predicted molar refractivity (Wildman–Crippen MR) is 156 cm³/mol. The number of oxazole rings is 1. The van der Waals surface area contributed by atoms with E-state index in [9.17, 15) is 14.7 Å². The molecule has 218 valence electrons. The number of likely N-dealkylation sites (tertiary alicyclic amines) is 1. The van der Waals surface area contributed by atoms with Gasteiger partial charge in [0, 0.05) is 12.0 Å². The highest BCUT2D eigenvalue weighted by atomic mass is 16.6. The minimum Gasteiger partial charge on any atom is -0.497 e. The van der Waals surface area contributed by atoms with Crippen LogP contribution in [0.2, 0.25) is 0 Å². The van der Waals surface area contributed by atoms with Gasteiger partial charge in [0.25, 0.3) is 0 Å². The van der Waals surface area contributed by atoms with E-state index >= 15 is 0 Å². The average Bonchev–Trinajstić information content (AvgIpc) is 3.23. The normalized spacial score (nSPS) is 16.9. The van der Waals surface area contributed by atoms with Crippen LogP contribution in [0.1, 0.15) is 48.7 Å². The van der Waals surface area contributed by atoms with Gasteiger partial charge in [-0.1, -0.05) is 43.2 Å². The van der Waals surface area contributed by atoms with Gasteiger partial charge in [-0.15, -0.1) is 0 Å². The van der Waals surface area contributed by atoms with Gasteiger partial charge < -0.3 is 23.7 Å². The number of nitrogens with zero attached hydrogens (tertiary/aromatic N) is 2. The van der Waals surface area contributed by atoms with Crippen LogP contribution in [0.25, 0.3) is 11.5 Å². The molecule has 1 saturated heterocycles. The van der Waals surface area contributed by atoms with Crippen molar-refractivity contribution in [2.45, 2.75) is 51.1 Å². The fraction of sp³-hybridized carbons (Fsp3) is 0.303. The van der Waals surface area contributed by atoms with Crippen LogP contribution in [0.3, 0.4) is 0 Å². The fourth-order valence-electron chi connectivity index (χ4n) is 5.21. The molecule has 4 aromatic rings. The summed E-state index contributed by atoms with van der Waals surface area (Å²) in [6.07, 6.45) is 2.36. The summed E-state index contributed by atoms with van der Waals surface area (Å²) in [6, 6.07) is 22.4. The molecule has 2 heterocycles. The summed E-state index contributed by atoms with van der Waals surface area (Å²) >= 11 is 0. The first-order valence-electron chi connectivity index (χ1n) is 14.0. The van der Waals surface area contributed by atoms with Crippen molar-refractivity contribution < 1.29 is 33.3 Å². The van der Waals surface area contributed by atoms with E-state index in [-0.39, 0.29) is 0 Å². The molecule has 1 N–H and O–H groups in total. The van der Waals surface area contributed by atoms with Gasteiger partial charge >= 0.3 is 12.1 Å². The van der Waals surface area contributed by atoms with E-state index in [1.165, 1.54) is 4.90 Å². The highest BCUT2D eigenvalue weighted by molar-refractivity contribution is 5.81. The summed E-state index contributed by atoms with van der Waals surface area (Å²) in [5.41, 5.74) is 2.59. The van der Waals surface area contributed by atoms with Gasteiger partial charge in [0.05, 0.1) is 25.5 Å².